The van der Waals surface area contributed by atoms with Gasteiger partial charge in [-0.3, -0.25) is 0 Å². The zero-order valence-electron chi connectivity index (χ0n) is 15.7. The molecule has 4 rings (SSSR count). The summed E-state index contributed by atoms with van der Waals surface area (Å²) in [6.07, 6.45) is 2.20. The fourth-order valence-electron chi connectivity index (χ4n) is 2.73. The third kappa shape index (κ3) is 4.96. The number of sulfonamides is 1. The average Bonchev–Trinajstić information content (AvgIpc) is 2.76. The van der Waals surface area contributed by atoms with Gasteiger partial charge in [0.2, 0.25) is 11.1 Å². The van der Waals surface area contributed by atoms with Crippen LogP contribution in [0.3, 0.4) is 0 Å². The van der Waals surface area contributed by atoms with Crippen molar-refractivity contribution in [1.82, 2.24) is 14.8 Å². The van der Waals surface area contributed by atoms with Gasteiger partial charge < -0.3 is 4.74 Å². The first kappa shape index (κ1) is 20.7. The van der Waals surface area contributed by atoms with Crippen molar-refractivity contribution in [2.45, 2.75) is 4.90 Å². The third-order valence-corrected chi connectivity index (χ3v) is 5.58. The maximum absolute atomic E-state index is 13.7. The minimum Gasteiger partial charge on any atom is -0.436 e. The largest absolute Gasteiger partial charge is 0.436 e. The molecule has 4 aromatic rings. The Hall–Kier alpha value is -3.56. The predicted molar refractivity (Wildman–Crippen MR) is 115 cm³/mol. The fraction of sp³-hybridized carbons (Fsp3) is 0. The van der Waals surface area contributed by atoms with Crippen LogP contribution in [0.2, 0.25) is 5.28 Å². The molecular weight excluding hydrogens is 443 g/mol. The van der Waals surface area contributed by atoms with Crippen molar-refractivity contribution >= 4 is 38.6 Å². The number of hydrazone groups is 1. The van der Waals surface area contributed by atoms with Gasteiger partial charge in [0.1, 0.15) is 5.75 Å². The lowest BCUT2D eigenvalue weighted by Crippen LogP contribution is -2.18. The van der Waals surface area contributed by atoms with Crippen LogP contribution in [-0.2, 0) is 10.0 Å². The molecule has 1 N–H and O–H groups in total. The van der Waals surface area contributed by atoms with Gasteiger partial charge in [-0.1, -0.05) is 42.5 Å². The predicted octanol–water partition coefficient (Wildman–Crippen LogP) is 4.53. The van der Waals surface area contributed by atoms with Crippen molar-refractivity contribution in [3.05, 3.63) is 89.6 Å². The van der Waals surface area contributed by atoms with E-state index < -0.39 is 15.8 Å². The van der Waals surface area contributed by atoms with E-state index in [1.54, 1.807) is 30.3 Å². The lowest BCUT2D eigenvalue weighted by molar-refractivity contribution is 0.420. The molecule has 0 amide bonds. The number of ether oxygens (including phenoxy) is 1. The number of nitrogens with zero attached hydrogens (tertiary/aromatic N) is 3. The summed E-state index contributed by atoms with van der Waals surface area (Å²) in [4.78, 5) is 9.47. The molecule has 0 radical (unpaired) electrons. The highest BCUT2D eigenvalue weighted by molar-refractivity contribution is 7.89. The summed E-state index contributed by atoms with van der Waals surface area (Å²) in [6.45, 7) is 0. The highest BCUT2D eigenvalue weighted by atomic mass is 35.5. The Kier molecular flexibility index (Phi) is 5.79. The van der Waals surface area contributed by atoms with Gasteiger partial charge in [0.05, 0.1) is 17.3 Å². The monoisotopic (exact) mass is 456 g/mol. The smallest absolute Gasteiger partial charge is 0.276 e. The zero-order valence-corrected chi connectivity index (χ0v) is 17.3. The minimum atomic E-state index is -3.85. The summed E-state index contributed by atoms with van der Waals surface area (Å²) in [5.41, 5.74) is 0.513. The Morgan fingerprint density at radius 1 is 1.03 bits per heavy atom. The number of hydrogen-bond acceptors (Lipinski definition) is 6. The topological polar surface area (TPSA) is 93.5 Å². The van der Waals surface area contributed by atoms with Crippen LogP contribution in [0.25, 0.3) is 10.8 Å². The Balaban J connectivity index is 1.49. The summed E-state index contributed by atoms with van der Waals surface area (Å²) < 4.78 is 44.2. The summed E-state index contributed by atoms with van der Waals surface area (Å²) >= 11 is 5.65. The van der Waals surface area contributed by atoms with Crippen molar-refractivity contribution in [3.63, 3.8) is 0 Å². The Morgan fingerprint density at radius 2 is 1.84 bits per heavy atom. The molecule has 156 valence electrons. The average molecular weight is 457 g/mol. The molecular formula is C21H14ClFN4O3S. The maximum atomic E-state index is 13.7. The molecule has 3 aromatic carbocycles. The molecule has 1 heterocycles. The van der Waals surface area contributed by atoms with Gasteiger partial charge in [-0.05, 0) is 52.2 Å². The highest BCUT2D eigenvalue weighted by Crippen LogP contribution is 2.23. The number of halogens is 2. The van der Waals surface area contributed by atoms with Crippen LogP contribution >= 0.6 is 11.6 Å². The van der Waals surface area contributed by atoms with Crippen molar-refractivity contribution in [1.29, 1.82) is 0 Å². The quantitative estimate of drug-likeness (QED) is 0.261. The first-order chi connectivity index (χ1) is 14.9. The van der Waals surface area contributed by atoms with Crippen molar-refractivity contribution < 1.29 is 17.5 Å². The van der Waals surface area contributed by atoms with E-state index in [4.69, 9.17) is 16.3 Å². The number of aromatic nitrogens is 2. The van der Waals surface area contributed by atoms with E-state index in [1.807, 2.05) is 24.3 Å². The second kappa shape index (κ2) is 8.66. The van der Waals surface area contributed by atoms with Crippen LogP contribution in [0.5, 0.6) is 11.6 Å². The normalized spacial score (nSPS) is 11.7. The molecule has 0 atom stereocenters. The maximum Gasteiger partial charge on any atom is 0.276 e. The second-order valence-electron chi connectivity index (χ2n) is 6.33. The molecule has 31 heavy (non-hydrogen) atoms. The van der Waals surface area contributed by atoms with Crippen molar-refractivity contribution in [3.8, 4) is 11.6 Å². The second-order valence-corrected chi connectivity index (χ2v) is 8.33. The van der Waals surface area contributed by atoms with Gasteiger partial charge in [-0.2, -0.15) is 22.9 Å². The van der Waals surface area contributed by atoms with E-state index in [2.05, 4.69) is 19.9 Å². The van der Waals surface area contributed by atoms with E-state index in [9.17, 15) is 12.8 Å². The Labute approximate surface area is 182 Å². The lowest BCUT2D eigenvalue weighted by Gasteiger charge is -2.06. The molecule has 10 heteroatoms. The minimum absolute atomic E-state index is 0.0940. The standard InChI is InChI=1S/C21H14ClFN4O3S/c22-21-24-13-19(23)20(26-21)30-17-7-3-4-14(10-17)12-25-27-31(28,29)18-9-8-15-5-1-2-6-16(15)11-18/h1-13,27H/b25-12+. The van der Waals surface area contributed by atoms with Crippen LogP contribution in [0, 0.1) is 5.82 Å². The number of nitrogens with one attached hydrogen (secondary N) is 1. The number of hydrogen-bond donors (Lipinski definition) is 1. The van der Waals surface area contributed by atoms with Crippen LogP contribution in [0.1, 0.15) is 5.56 Å². The summed E-state index contributed by atoms with van der Waals surface area (Å²) in [5.74, 6) is -0.840. The highest BCUT2D eigenvalue weighted by Gasteiger charge is 2.13. The first-order valence-corrected chi connectivity index (χ1v) is 10.8. The van der Waals surface area contributed by atoms with Crippen molar-refractivity contribution in [2.75, 3.05) is 0 Å². The fourth-order valence-corrected chi connectivity index (χ4v) is 3.68. The van der Waals surface area contributed by atoms with Gasteiger partial charge in [0.25, 0.3) is 15.9 Å². The molecule has 0 bridgehead atoms. The van der Waals surface area contributed by atoms with Crippen molar-refractivity contribution in [2.24, 2.45) is 5.10 Å². The van der Waals surface area contributed by atoms with Gasteiger partial charge in [0, 0.05) is 0 Å². The molecule has 0 aliphatic heterocycles. The van der Waals surface area contributed by atoms with Crippen LogP contribution in [0.4, 0.5) is 4.39 Å². The number of rotatable bonds is 6. The third-order valence-electron chi connectivity index (χ3n) is 4.17. The van der Waals surface area contributed by atoms with Gasteiger partial charge >= 0.3 is 0 Å². The summed E-state index contributed by atoms with van der Waals surface area (Å²) in [5, 5.41) is 5.39. The molecule has 0 aliphatic rings. The van der Waals surface area contributed by atoms with Crippen LogP contribution in [0.15, 0.2) is 82.9 Å². The van der Waals surface area contributed by atoms with E-state index in [0.29, 0.717) is 5.56 Å². The summed E-state index contributed by atoms with van der Waals surface area (Å²) in [7, 11) is -3.85. The van der Waals surface area contributed by atoms with Gasteiger partial charge in [-0.25, -0.2) is 9.82 Å². The van der Waals surface area contributed by atoms with E-state index in [-0.39, 0.29) is 21.8 Å². The molecule has 0 saturated heterocycles. The lowest BCUT2D eigenvalue weighted by atomic mass is 10.1. The van der Waals surface area contributed by atoms with Crippen LogP contribution < -0.4 is 9.57 Å². The molecule has 7 nitrogen and oxygen atoms in total. The SMILES string of the molecule is O=S(=O)(N/N=C/c1cccc(Oc2nc(Cl)ncc2F)c1)c1ccc2ccccc2c1. The summed E-state index contributed by atoms with van der Waals surface area (Å²) in [6, 6.07) is 18.7. The molecule has 0 spiro atoms. The van der Waals surface area contributed by atoms with Gasteiger partial charge in [-0.15, -0.1) is 0 Å². The first-order valence-electron chi connectivity index (χ1n) is 8.90. The molecule has 0 unspecified atom stereocenters. The zero-order chi connectivity index (χ0) is 21.8. The Morgan fingerprint density at radius 3 is 2.68 bits per heavy atom. The number of fused-ring (bicyclic) bond motifs is 1. The molecule has 1 aromatic heterocycles. The number of benzene rings is 3. The molecule has 0 saturated carbocycles. The molecule has 0 aliphatic carbocycles. The van der Waals surface area contributed by atoms with E-state index in [1.165, 1.54) is 18.3 Å². The van der Waals surface area contributed by atoms with E-state index >= 15 is 0 Å². The Bertz CT molecular complexity index is 1400. The molecule has 0 fully saturated rings. The van der Waals surface area contributed by atoms with Crippen LogP contribution in [-0.4, -0.2) is 24.6 Å². The van der Waals surface area contributed by atoms with E-state index in [0.717, 1.165) is 17.0 Å². The van der Waals surface area contributed by atoms with Gasteiger partial charge in [0.15, 0.2) is 0 Å².